The average Bonchev–Trinajstić information content (AvgIpc) is 2.89. The van der Waals surface area contributed by atoms with Gasteiger partial charge in [-0.15, -0.1) is 0 Å². The fourth-order valence-corrected chi connectivity index (χ4v) is 4.87. The standard InChI is InChI=1S/C34H44N2O5/c1-33(2,3)41-32(38)36(24-34(4,5)23-35(6)7)21-26(20-25-16-18-28(19-17-25)31(37)39-8)22-40-30-15-11-13-27-12-9-10-14-29(27)30/h9-20H,21-24H2,1-8H3/b26-20-. The molecule has 0 aliphatic heterocycles. The van der Waals surface area contributed by atoms with E-state index in [4.69, 9.17) is 14.2 Å². The van der Waals surface area contributed by atoms with Crippen LogP contribution in [0.1, 0.15) is 50.5 Å². The summed E-state index contributed by atoms with van der Waals surface area (Å²) in [5, 5.41) is 2.11. The first-order valence-electron chi connectivity index (χ1n) is 13.9. The molecule has 0 saturated carbocycles. The van der Waals surface area contributed by atoms with E-state index in [1.165, 1.54) is 7.11 Å². The molecule has 3 aromatic rings. The summed E-state index contributed by atoms with van der Waals surface area (Å²) in [4.78, 5) is 29.3. The van der Waals surface area contributed by atoms with Gasteiger partial charge in [-0.1, -0.05) is 68.5 Å². The summed E-state index contributed by atoms with van der Waals surface area (Å²) in [6.07, 6.45) is 1.63. The molecule has 3 rings (SSSR count). The van der Waals surface area contributed by atoms with Crippen molar-refractivity contribution in [3.8, 4) is 5.75 Å². The number of hydrogen-bond donors (Lipinski definition) is 0. The monoisotopic (exact) mass is 560 g/mol. The molecule has 0 saturated heterocycles. The van der Waals surface area contributed by atoms with Gasteiger partial charge in [0.1, 0.15) is 18.0 Å². The molecule has 0 spiro atoms. The van der Waals surface area contributed by atoms with Gasteiger partial charge in [-0.2, -0.15) is 0 Å². The van der Waals surface area contributed by atoms with Crippen molar-refractivity contribution in [2.75, 3.05) is 47.4 Å². The van der Waals surface area contributed by atoms with Gasteiger partial charge in [0.05, 0.1) is 12.7 Å². The van der Waals surface area contributed by atoms with Gasteiger partial charge >= 0.3 is 12.1 Å². The molecule has 0 radical (unpaired) electrons. The summed E-state index contributed by atoms with van der Waals surface area (Å²) in [7, 11) is 5.42. The Kier molecular flexibility index (Phi) is 10.6. The van der Waals surface area contributed by atoms with Gasteiger partial charge < -0.3 is 24.0 Å². The molecule has 0 bridgehead atoms. The summed E-state index contributed by atoms with van der Waals surface area (Å²) < 4.78 is 17.0. The molecule has 0 aliphatic carbocycles. The number of hydrogen-bond acceptors (Lipinski definition) is 6. The number of amides is 1. The number of nitrogens with zero attached hydrogens (tertiary/aromatic N) is 2. The Labute approximate surface area is 244 Å². The van der Waals surface area contributed by atoms with Crippen LogP contribution in [-0.4, -0.2) is 74.9 Å². The maximum Gasteiger partial charge on any atom is 0.410 e. The van der Waals surface area contributed by atoms with Crippen molar-refractivity contribution in [1.82, 2.24) is 9.80 Å². The summed E-state index contributed by atoms with van der Waals surface area (Å²) in [6, 6.07) is 21.2. The molecule has 1 amide bonds. The SMILES string of the molecule is COC(=O)c1ccc(/C=C(\COc2cccc3ccccc23)CN(CC(C)(C)CN(C)C)C(=O)OC(C)(C)C)cc1. The van der Waals surface area contributed by atoms with E-state index in [0.29, 0.717) is 18.7 Å². The van der Waals surface area contributed by atoms with E-state index in [1.807, 2.05) is 83.4 Å². The Hall–Kier alpha value is -3.84. The van der Waals surface area contributed by atoms with Crippen molar-refractivity contribution in [3.05, 3.63) is 83.4 Å². The third-order valence-electron chi connectivity index (χ3n) is 6.27. The third-order valence-corrected chi connectivity index (χ3v) is 6.27. The number of fused-ring (bicyclic) bond motifs is 1. The smallest absolute Gasteiger partial charge is 0.410 e. The van der Waals surface area contributed by atoms with Crippen molar-refractivity contribution in [2.45, 2.75) is 40.2 Å². The molecule has 0 aliphatic rings. The molecule has 7 heteroatoms. The summed E-state index contributed by atoms with van der Waals surface area (Å²) >= 11 is 0. The Morgan fingerprint density at radius 1 is 0.854 bits per heavy atom. The largest absolute Gasteiger partial charge is 0.489 e. The van der Waals surface area contributed by atoms with Crippen LogP contribution in [0.15, 0.2) is 72.3 Å². The van der Waals surface area contributed by atoms with E-state index < -0.39 is 5.60 Å². The molecule has 0 aromatic heterocycles. The minimum Gasteiger partial charge on any atom is -0.489 e. The predicted molar refractivity (Wildman–Crippen MR) is 165 cm³/mol. The Morgan fingerprint density at radius 3 is 2.15 bits per heavy atom. The van der Waals surface area contributed by atoms with Crippen LogP contribution in [0.5, 0.6) is 5.75 Å². The minimum absolute atomic E-state index is 0.190. The molecule has 0 N–H and O–H groups in total. The highest BCUT2D eigenvalue weighted by molar-refractivity contribution is 5.89. The van der Waals surface area contributed by atoms with Crippen molar-refractivity contribution < 1.29 is 23.8 Å². The lowest BCUT2D eigenvalue weighted by molar-refractivity contribution is 0.0178. The van der Waals surface area contributed by atoms with E-state index in [9.17, 15) is 9.59 Å². The minimum atomic E-state index is -0.631. The van der Waals surface area contributed by atoms with Gasteiger partial charge in [-0.3, -0.25) is 0 Å². The number of carbonyl (C=O) groups excluding carboxylic acids is 2. The van der Waals surface area contributed by atoms with E-state index in [0.717, 1.165) is 34.2 Å². The van der Waals surface area contributed by atoms with Crippen LogP contribution in [0, 0.1) is 5.41 Å². The van der Waals surface area contributed by atoms with Crippen molar-refractivity contribution in [3.63, 3.8) is 0 Å². The molecule has 220 valence electrons. The second-order valence-corrected chi connectivity index (χ2v) is 12.4. The van der Waals surface area contributed by atoms with Crippen LogP contribution in [0.4, 0.5) is 4.79 Å². The van der Waals surface area contributed by atoms with E-state index >= 15 is 0 Å². The molecule has 41 heavy (non-hydrogen) atoms. The van der Waals surface area contributed by atoms with Gasteiger partial charge in [0.2, 0.25) is 0 Å². The molecular weight excluding hydrogens is 516 g/mol. The fourth-order valence-electron chi connectivity index (χ4n) is 4.87. The first-order chi connectivity index (χ1) is 19.3. The van der Waals surface area contributed by atoms with Gasteiger partial charge in [0.15, 0.2) is 0 Å². The molecule has 0 atom stereocenters. The second-order valence-electron chi connectivity index (χ2n) is 12.4. The topological polar surface area (TPSA) is 68.3 Å². The highest BCUT2D eigenvalue weighted by Crippen LogP contribution is 2.27. The van der Waals surface area contributed by atoms with Gasteiger partial charge in [0.25, 0.3) is 0 Å². The Balaban J connectivity index is 1.97. The summed E-state index contributed by atoms with van der Waals surface area (Å²) in [6.45, 7) is 11.8. The van der Waals surface area contributed by atoms with E-state index in [-0.39, 0.29) is 24.1 Å². The molecule has 0 unspecified atom stereocenters. The normalized spacial score (nSPS) is 12.4. The van der Waals surface area contributed by atoms with Crippen molar-refractivity contribution in [1.29, 1.82) is 0 Å². The first-order valence-corrected chi connectivity index (χ1v) is 13.9. The zero-order valence-corrected chi connectivity index (χ0v) is 25.7. The molecule has 0 heterocycles. The number of benzene rings is 3. The lowest BCUT2D eigenvalue weighted by Crippen LogP contribution is -2.46. The predicted octanol–water partition coefficient (Wildman–Crippen LogP) is 6.91. The molecular formula is C34H44N2O5. The second kappa shape index (κ2) is 13.7. The van der Waals surface area contributed by atoms with Crippen LogP contribution in [-0.2, 0) is 9.47 Å². The highest BCUT2D eigenvalue weighted by Gasteiger charge is 2.29. The van der Waals surface area contributed by atoms with E-state index in [1.54, 1.807) is 17.0 Å². The Bertz CT molecular complexity index is 1350. The maximum atomic E-state index is 13.5. The number of carbonyl (C=O) groups is 2. The maximum absolute atomic E-state index is 13.5. The van der Waals surface area contributed by atoms with Crippen molar-refractivity contribution in [2.24, 2.45) is 5.41 Å². The lowest BCUT2D eigenvalue weighted by Gasteiger charge is -2.36. The van der Waals surface area contributed by atoms with Crippen LogP contribution in [0.2, 0.25) is 0 Å². The fraction of sp³-hybridized carbons (Fsp3) is 0.412. The third kappa shape index (κ3) is 9.94. The van der Waals surface area contributed by atoms with Gasteiger partial charge in [0, 0.05) is 25.0 Å². The van der Waals surface area contributed by atoms with E-state index in [2.05, 4.69) is 30.9 Å². The van der Waals surface area contributed by atoms with Gasteiger partial charge in [-0.05, 0) is 75.0 Å². The molecule has 7 nitrogen and oxygen atoms in total. The molecule has 3 aromatic carbocycles. The molecule has 0 fully saturated rings. The van der Waals surface area contributed by atoms with Gasteiger partial charge in [-0.25, -0.2) is 9.59 Å². The van der Waals surface area contributed by atoms with Crippen LogP contribution in [0.25, 0.3) is 16.8 Å². The average molecular weight is 561 g/mol. The Morgan fingerprint density at radius 2 is 1.51 bits per heavy atom. The zero-order valence-electron chi connectivity index (χ0n) is 25.7. The number of methoxy groups -OCH3 is 1. The quantitative estimate of drug-likeness (QED) is 0.237. The van der Waals surface area contributed by atoms with Crippen LogP contribution >= 0.6 is 0 Å². The van der Waals surface area contributed by atoms with Crippen LogP contribution < -0.4 is 4.74 Å². The van der Waals surface area contributed by atoms with Crippen molar-refractivity contribution >= 4 is 28.9 Å². The summed E-state index contributed by atoms with van der Waals surface area (Å²) in [5.74, 6) is 0.381. The summed E-state index contributed by atoms with van der Waals surface area (Å²) in [5.41, 5.74) is 1.42. The number of rotatable bonds is 11. The lowest BCUT2D eigenvalue weighted by atomic mass is 9.92. The van der Waals surface area contributed by atoms with Crippen LogP contribution in [0.3, 0.4) is 0 Å². The zero-order chi connectivity index (χ0) is 30.2. The highest BCUT2D eigenvalue weighted by atomic mass is 16.6. The first kappa shape index (κ1) is 31.7. The number of ether oxygens (including phenoxy) is 3. The number of esters is 1.